The molecule has 0 aromatic rings. The van der Waals surface area contributed by atoms with E-state index in [-0.39, 0.29) is 18.0 Å². The Labute approximate surface area is 103 Å². The monoisotopic (exact) mass is 234 g/mol. The van der Waals surface area contributed by atoms with Crippen LogP contribution in [0.25, 0.3) is 0 Å². The maximum absolute atomic E-state index is 11.9. The number of carbonyl (C=O) groups is 1. The molecule has 0 N–H and O–H groups in total. The summed E-state index contributed by atoms with van der Waals surface area (Å²) < 4.78 is 5.66. The molecule has 0 amide bonds. The highest BCUT2D eigenvalue weighted by molar-refractivity contribution is 5.74. The van der Waals surface area contributed by atoms with Gasteiger partial charge in [0.25, 0.3) is 0 Å². The minimum atomic E-state index is 0.00704. The van der Waals surface area contributed by atoms with E-state index < -0.39 is 0 Å². The van der Waals surface area contributed by atoms with Gasteiger partial charge in [0.2, 0.25) is 0 Å². The van der Waals surface area contributed by atoms with Crippen molar-refractivity contribution < 1.29 is 9.53 Å². The van der Waals surface area contributed by atoms with Gasteiger partial charge in [0.05, 0.1) is 5.92 Å². The maximum Gasteiger partial charge on any atom is 0.309 e. The van der Waals surface area contributed by atoms with E-state index in [0.717, 1.165) is 23.8 Å². The van der Waals surface area contributed by atoms with E-state index in [4.69, 9.17) is 4.74 Å². The standard InChI is InChI=1S/C15H22O2/c1-8-4-7-12-10(3)15(16)17-14-9(2)5-6-11(8)13(12)14/h8,10-14H,2,4-7H2,1,3H3/t8-,10-,11+,12+,13+,14-/m1/s1. The van der Waals surface area contributed by atoms with E-state index in [2.05, 4.69) is 13.5 Å². The van der Waals surface area contributed by atoms with E-state index in [1.807, 2.05) is 6.92 Å². The topological polar surface area (TPSA) is 26.3 Å². The lowest BCUT2D eigenvalue weighted by Gasteiger charge is -2.53. The van der Waals surface area contributed by atoms with Crippen molar-refractivity contribution in [1.29, 1.82) is 0 Å². The molecule has 0 aromatic carbocycles. The second-order valence-corrected chi connectivity index (χ2v) is 6.30. The van der Waals surface area contributed by atoms with Crippen LogP contribution in [0.5, 0.6) is 0 Å². The van der Waals surface area contributed by atoms with Crippen molar-refractivity contribution >= 4 is 5.97 Å². The molecule has 2 heteroatoms. The molecule has 94 valence electrons. The van der Waals surface area contributed by atoms with Gasteiger partial charge in [0.1, 0.15) is 6.10 Å². The van der Waals surface area contributed by atoms with Crippen LogP contribution in [-0.2, 0) is 9.53 Å². The van der Waals surface area contributed by atoms with Gasteiger partial charge in [0.15, 0.2) is 0 Å². The Morgan fingerprint density at radius 3 is 2.71 bits per heavy atom. The zero-order valence-electron chi connectivity index (χ0n) is 10.8. The summed E-state index contributed by atoms with van der Waals surface area (Å²) in [5, 5.41) is 0. The van der Waals surface area contributed by atoms with Crippen molar-refractivity contribution in [1.82, 2.24) is 0 Å². The summed E-state index contributed by atoms with van der Waals surface area (Å²) in [5.41, 5.74) is 1.16. The van der Waals surface area contributed by atoms with Crippen molar-refractivity contribution in [3.63, 3.8) is 0 Å². The molecule has 2 saturated carbocycles. The Bertz CT molecular complexity index is 360. The lowest BCUT2D eigenvalue weighted by Crippen LogP contribution is -2.53. The highest BCUT2D eigenvalue weighted by atomic mass is 16.5. The molecule has 0 unspecified atom stereocenters. The van der Waals surface area contributed by atoms with Gasteiger partial charge >= 0.3 is 5.97 Å². The summed E-state index contributed by atoms with van der Waals surface area (Å²) in [5.74, 6) is 2.74. The molecule has 1 saturated heterocycles. The van der Waals surface area contributed by atoms with Crippen LogP contribution in [0.2, 0.25) is 0 Å². The largest absolute Gasteiger partial charge is 0.457 e. The summed E-state index contributed by atoms with van der Waals surface area (Å²) >= 11 is 0. The Kier molecular flexibility index (Phi) is 2.57. The number of hydrogen-bond acceptors (Lipinski definition) is 2. The molecule has 3 aliphatic rings. The molecule has 0 bridgehead atoms. The summed E-state index contributed by atoms with van der Waals surface area (Å²) in [4.78, 5) is 11.9. The number of ether oxygens (including phenoxy) is 1. The molecule has 2 aliphatic carbocycles. The van der Waals surface area contributed by atoms with Gasteiger partial charge in [-0.15, -0.1) is 0 Å². The van der Waals surface area contributed by atoms with Crippen LogP contribution in [0.3, 0.4) is 0 Å². The molecule has 0 spiro atoms. The van der Waals surface area contributed by atoms with Gasteiger partial charge in [-0.25, -0.2) is 0 Å². The van der Waals surface area contributed by atoms with Crippen LogP contribution in [0.1, 0.15) is 39.5 Å². The first-order valence-electron chi connectivity index (χ1n) is 6.97. The number of hydrogen-bond donors (Lipinski definition) is 0. The Morgan fingerprint density at radius 1 is 1.18 bits per heavy atom. The van der Waals surface area contributed by atoms with E-state index in [0.29, 0.717) is 11.8 Å². The molecule has 1 aliphatic heterocycles. The van der Waals surface area contributed by atoms with E-state index in [9.17, 15) is 4.79 Å². The van der Waals surface area contributed by atoms with Crippen LogP contribution in [-0.4, -0.2) is 12.1 Å². The molecule has 0 aromatic heterocycles. The van der Waals surface area contributed by atoms with Crippen LogP contribution in [0.15, 0.2) is 12.2 Å². The van der Waals surface area contributed by atoms with Gasteiger partial charge in [-0.2, -0.15) is 0 Å². The average molecular weight is 234 g/mol. The zero-order valence-corrected chi connectivity index (χ0v) is 10.8. The van der Waals surface area contributed by atoms with Gasteiger partial charge in [-0.1, -0.05) is 26.8 Å². The number of carbonyl (C=O) groups excluding carboxylic acids is 1. The van der Waals surface area contributed by atoms with Crippen LogP contribution < -0.4 is 0 Å². The molecule has 3 rings (SSSR count). The van der Waals surface area contributed by atoms with E-state index >= 15 is 0 Å². The summed E-state index contributed by atoms with van der Waals surface area (Å²) in [6.07, 6.45) is 4.81. The van der Waals surface area contributed by atoms with Gasteiger partial charge in [-0.3, -0.25) is 4.79 Å². The minimum absolute atomic E-state index is 0.00704. The second-order valence-electron chi connectivity index (χ2n) is 6.30. The summed E-state index contributed by atoms with van der Waals surface area (Å²) in [7, 11) is 0. The third-order valence-corrected chi connectivity index (χ3v) is 5.48. The summed E-state index contributed by atoms with van der Waals surface area (Å²) in [6.45, 7) is 8.55. The molecule has 6 atom stereocenters. The van der Waals surface area contributed by atoms with Crippen molar-refractivity contribution in [3.05, 3.63) is 12.2 Å². The zero-order chi connectivity index (χ0) is 12.2. The van der Waals surface area contributed by atoms with Crippen molar-refractivity contribution in [2.45, 2.75) is 45.6 Å². The fourth-order valence-electron chi connectivity index (χ4n) is 4.40. The van der Waals surface area contributed by atoms with Crippen LogP contribution in [0, 0.1) is 29.6 Å². The predicted molar refractivity (Wildman–Crippen MR) is 66.3 cm³/mol. The fraction of sp³-hybridized carbons (Fsp3) is 0.800. The smallest absolute Gasteiger partial charge is 0.309 e. The Hall–Kier alpha value is -0.790. The van der Waals surface area contributed by atoms with Crippen LogP contribution in [0.4, 0.5) is 0 Å². The lowest BCUT2D eigenvalue weighted by atomic mass is 9.56. The van der Waals surface area contributed by atoms with Crippen molar-refractivity contribution in [2.24, 2.45) is 29.6 Å². The lowest BCUT2D eigenvalue weighted by molar-refractivity contribution is -0.179. The number of esters is 1. The quantitative estimate of drug-likeness (QED) is 0.475. The molecular weight excluding hydrogens is 212 g/mol. The molecule has 2 nitrogen and oxygen atoms in total. The minimum Gasteiger partial charge on any atom is -0.457 e. The number of rotatable bonds is 0. The SMILES string of the molecule is C=C1CC[C@@H]2[C@H]3[C@@H](CC[C@H]2C)[C@@H](C)C(=O)O[C@H]13. The molecule has 1 heterocycles. The molecule has 17 heavy (non-hydrogen) atoms. The first kappa shape index (κ1) is 11.3. The third-order valence-electron chi connectivity index (χ3n) is 5.48. The maximum atomic E-state index is 11.9. The Morgan fingerprint density at radius 2 is 1.94 bits per heavy atom. The first-order chi connectivity index (χ1) is 8.09. The highest BCUT2D eigenvalue weighted by Crippen LogP contribution is 2.53. The third kappa shape index (κ3) is 1.56. The second kappa shape index (κ2) is 3.86. The van der Waals surface area contributed by atoms with E-state index in [1.54, 1.807) is 0 Å². The predicted octanol–water partition coefficient (Wildman–Crippen LogP) is 3.18. The first-order valence-corrected chi connectivity index (χ1v) is 6.97. The normalized spacial score (nSPS) is 49.5. The molecular formula is C15H22O2. The fourth-order valence-corrected chi connectivity index (χ4v) is 4.40. The molecule has 0 radical (unpaired) electrons. The van der Waals surface area contributed by atoms with Gasteiger partial charge < -0.3 is 4.74 Å². The van der Waals surface area contributed by atoms with Gasteiger partial charge in [-0.05, 0) is 42.6 Å². The highest BCUT2D eigenvalue weighted by Gasteiger charge is 2.52. The molecule has 3 fully saturated rings. The van der Waals surface area contributed by atoms with Crippen LogP contribution >= 0.6 is 0 Å². The summed E-state index contributed by atoms with van der Waals surface area (Å²) in [6, 6.07) is 0. The van der Waals surface area contributed by atoms with Crippen molar-refractivity contribution in [3.8, 4) is 0 Å². The average Bonchev–Trinajstić information content (AvgIpc) is 2.31. The van der Waals surface area contributed by atoms with Gasteiger partial charge in [0, 0.05) is 5.92 Å². The Balaban J connectivity index is 1.96. The van der Waals surface area contributed by atoms with Crippen molar-refractivity contribution in [2.75, 3.05) is 0 Å². The van der Waals surface area contributed by atoms with E-state index in [1.165, 1.54) is 19.3 Å².